The Bertz CT molecular complexity index is 516. The number of hydrogen-bond acceptors (Lipinski definition) is 8. The van der Waals surface area contributed by atoms with Crippen LogP contribution in [0.4, 0.5) is 4.79 Å². The second kappa shape index (κ2) is 18.6. The molecule has 0 rings (SSSR count). The number of ether oxygens (including phenoxy) is 4. The molecule has 0 aliphatic carbocycles. The SMILES string of the molecule is COCC(COC(=O)SC)OC(=O)C(C)CCCCCCCCC(C)C(=O)OC(C)Cl. The predicted molar refractivity (Wildman–Crippen MR) is 123 cm³/mol. The Labute approximate surface area is 196 Å². The van der Waals surface area contributed by atoms with E-state index in [2.05, 4.69) is 0 Å². The van der Waals surface area contributed by atoms with Gasteiger partial charge < -0.3 is 18.9 Å². The van der Waals surface area contributed by atoms with Crippen LogP contribution in [0.1, 0.15) is 72.1 Å². The minimum Gasteiger partial charge on any atom is -0.456 e. The summed E-state index contributed by atoms with van der Waals surface area (Å²) in [5, 5.41) is -0.413. The van der Waals surface area contributed by atoms with E-state index in [4.69, 9.17) is 30.5 Å². The summed E-state index contributed by atoms with van der Waals surface area (Å²) in [7, 11) is 1.51. The van der Waals surface area contributed by atoms with E-state index in [1.54, 1.807) is 13.2 Å². The average Bonchev–Trinajstić information content (AvgIpc) is 2.72. The Balaban J connectivity index is 3.89. The van der Waals surface area contributed by atoms with E-state index in [9.17, 15) is 14.4 Å². The summed E-state index contributed by atoms with van der Waals surface area (Å²) >= 11 is 6.63. The summed E-state index contributed by atoms with van der Waals surface area (Å²) in [4.78, 5) is 35.2. The number of thioether (sulfide) groups is 1. The van der Waals surface area contributed by atoms with Crippen molar-refractivity contribution < 1.29 is 33.3 Å². The molecule has 31 heavy (non-hydrogen) atoms. The fraction of sp³-hybridized carbons (Fsp3) is 0.864. The van der Waals surface area contributed by atoms with Gasteiger partial charge in [-0.05, 0) is 37.8 Å². The molecule has 9 heteroatoms. The number of hydrogen-bond donors (Lipinski definition) is 0. The first-order chi connectivity index (χ1) is 14.7. The number of rotatable bonds is 17. The Morgan fingerprint density at radius 2 is 1.29 bits per heavy atom. The zero-order valence-electron chi connectivity index (χ0n) is 19.5. The van der Waals surface area contributed by atoms with Gasteiger partial charge in [-0.3, -0.25) is 9.59 Å². The highest BCUT2D eigenvalue weighted by Crippen LogP contribution is 2.17. The van der Waals surface area contributed by atoms with Crippen LogP contribution < -0.4 is 0 Å². The molecule has 0 heterocycles. The highest BCUT2D eigenvalue weighted by atomic mass is 35.5. The van der Waals surface area contributed by atoms with Crippen LogP contribution in [0.15, 0.2) is 0 Å². The van der Waals surface area contributed by atoms with Crippen LogP contribution in [0.25, 0.3) is 0 Å². The van der Waals surface area contributed by atoms with Crippen molar-refractivity contribution in [1.82, 2.24) is 0 Å². The smallest absolute Gasteiger partial charge is 0.367 e. The minimum atomic E-state index is -0.594. The first-order valence-electron chi connectivity index (χ1n) is 11.0. The fourth-order valence-corrected chi connectivity index (χ4v) is 3.20. The van der Waals surface area contributed by atoms with Crippen molar-refractivity contribution in [2.24, 2.45) is 11.8 Å². The number of halogens is 1. The Morgan fingerprint density at radius 3 is 1.74 bits per heavy atom. The van der Waals surface area contributed by atoms with E-state index in [1.165, 1.54) is 7.11 Å². The molecule has 0 N–H and O–H groups in total. The van der Waals surface area contributed by atoms with E-state index in [1.807, 2.05) is 13.8 Å². The summed E-state index contributed by atoms with van der Waals surface area (Å²) in [5.41, 5.74) is -0.585. The van der Waals surface area contributed by atoms with Gasteiger partial charge in [0, 0.05) is 7.11 Å². The lowest BCUT2D eigenvalue weighted by molar-refractivity contribution is -0.158. The van der Waals surface area contributed by atoms with E-state index in [0.717, 1.165) is 63.1 Å². The van der Waals surface area contributed by atoms with Crippen LogP contribution in [0.5, 0.6) is 0 Å². The van der Waals surface area contributed by atoms with Gasteiger partial charge in [0.2, 0.25) is 0 Å². The second-order valence-corrected chi connectivity index (χ2v) is 9.12. The minimum absolute atomic E-state index is 0.00673. The molecule has 0 amide bonds. The van der Waals surface area contributed by atoms with Gasteiger partial charge in [0.1, 0.15) is 6.61 Å². The topological polar surface area (TPSA) is 88.1 Å². The molecule has 0 spiro atoms. The molecule has 0 saturated carbocycles. The van der Waals surface area contributed by atoms with E-state index in [0.29, 0.717) is 0 Å². The zero-order valence-corrected chi connectivity index (χ0v) is 21.1. The molecule has 0 aromatic heterocycles. The fourth-order valence-electron chi connectivity index (χ4n) is 2.92. The van der Waals surface area contributed by atoms with Gasteiger partial charge in [0.15, 0.2) is 11.7 Å². The average molecular weight is 483 g/mol. The van der Waals surface area contributed by atoms with Gasteiger partial charge >= 0.3 is 17.2 Å². The number of carbonyl (C=O) groups is 3. The van der Waals surface area contributed by atoms with E-state index in [-0.39, 0.29) is 37.0 Å². The molecule has 0 aromatic rings. The molecule has 0 aliphatic rings. The molecular weight excluding hydrogens is 444 g/mol. The molecular formula is C22H39ClO7S. The van der Waals surface area contributed by atoms with Crippen molar-refractivity contribution in [2.45, 2.75) is 83.8 Å². The Kier molecular flexibility index (Phi) is 18.0. The first kappa shape index (κ1) is 30.0. The van der Waals surface area contributed by atoms with Crippen molar-refractivity contribution in [3.8, 4) is 0 Å². The van der Waals surface area contributed by atoms with Crippen molar-refractivity contribution in [2.75, 3.05) is 26.6 Å². The van der Waals surface area contributed by atoms with Crippen LogP contribution in [0.3, 0.4) is 0 Å². The quantitative estimate of drug-likeness (QED) is 0.115. The standard InChI is InChI=1S/C22H39ClO7S/c1-16(20(24)29-18(3)23)12-10-8-6-7-9-11-13-17(2)21(25)30-19(14-27-4)15-28-22(26)31-5/h16-19H,6-15H2,1-5H3. The second-order valence-electron chi connectivity index (χ2n) is 7.76. The van der Waals surface area contributed by atoms with Crippen molar-refractivity contribution >= 4 is 40.6 Å². The third kappa shape index (κ3) is 16.3. The van der Waals surface area contributed by atoms with Gasteiger partial charge in [-0.25, -0.2) is 4.79 Å². The first-order valence-corrected chi connectivity index (χ1v) is 12.6. The maximum absolute atomic E-state index is 12.3. The van der Waals surface area contributed by atoms with Gasteiger partial charge in [0.25, 0.3) is 0 Å². The molecule has 0 bridgehead atoms. The van der Waals surface area contributed by atoms with Crippen LogP contribution >= 0.6 is 23.4 Å². The van der Waals surface area contributed by atoms with Crippen molar-refractivity contribution in [3.63, 3.8) is 0 Å². The lowest BCUT2D eigenvalue weighted by Crippen LogP contribution is -2.31. The summed E-state index contributed by atoms with van der Waals surface area (Å²) in [6.45, 7) is 5.52. The van der Waals surface area contributed by atoms with Gasteiger partial charge in [0.05, 0.1) is 18.4 Å². The number of methoxy groups -OCH3 is 1. The van der Waals surface area contributed by atoms with Crippen LogP contribution in [-0.2, 0) is 28.5 Å². The molecule has 7 nitrogen and oxygen atoms in total. The molecule has 0 aliphatic heterocycles. The van der Waals surface area contributed by atoms with Gasteiger partial charge in [-0.1, -0.05) is 64.0 Å². The van der Waals surface area contributed by atoms with Crippen molar-refractivity contribution in [3.05, 3.63) is 0 Å². The normalized spacial score (nSPS) is 14.9. The molecule has 0 saturated heterocycles. The van der Waals surface area contributed by atoms with Crippen LogP contribution in [-0.4, -0.2) is 55.5 Å². The molecule has 182 valence electrons. The molecule has 4 unspecified atom stereocenters. The Hall–Kier alpha value is -0.990. The molecule has 0 aromatic carbocycles. The molecule has 0 fully saturated rings. The van der Waals surface area contributed by atoms with Gasteiger partial charge in [-0.2, -0.15) is 0 Å². The lowest BCUT2D eigenvalue weighted by atomic mass is 10.00. The van der Waals surface area contributed by atoms with E-state index >= 15 is 0 Å². The summed E-state index contributed by atoms with van der Waals surface area (Å²) in [6, 6.07) is 0. The summed E-state index contributed by atoms with van der Waals surface area (Å²) in [6.07, 6.45) is 8.83. The van der Waals surface area contributed by atoms with Crippen LogP contribution in [0.2, 0.25) is 0 Å². The van der Waals surface area contributed by atoms with Crippen molar-refractivity contribution in [1.29, 1.82) is 0 Å². The third-order valence-corrected chi connectivity index (χ3v) is 5.34. The summed E-state index contributed by atoms with van der Waals surface area (Å²) < 4.78 is 20.5. The van der Waals surface area contributed by atoms with Gasteiger partial charge in [-0.15, -0.1) is 0 Å². The van der Waals surface area contributed by atoms with Crippen LogP contribution in [0, 0.1) is 11.8 Å². The highest BCUT2D eigenvalue weighted by Gasteiger charge is 2.21. The predicted octanol–water partition coefficient (Wildman–Crippen LogP) is 5.57. The lowest BCUT2D eigenvalue weighted by Gasteiger charge is -2.19. The number of esters is 2. The number of unbranched alkanes of at least 4 members (excludes halogenated alkanes) is 5. The largest absolute Gasteiger partial charge is 0.456 e. The third-order valence-electron chi connectivity index (χ3n) is 4.80. The number of carbonyl (C=O) groups excluding carboxylic acids is 3. The maximum Gasteiger partial charge on any atom is 0.367 e. The molecule has 4 atom stereocenters. The highest BCUT2D eigenvalue weighted by molar-refractivity contribution is 8.12. The zero-order chi connectivity index (χ0) is 23.6. The summed E-state index contributed by atoms with van der Waals surface area (Å²) in [5.74, 6) is -0.876. The molecule has 0 radical (unpaired) electrons. The maximum atomic E-state index is 12.3. The monoisotopic (exact) mass is 482 g/mol. The number of alkyl halides is 1. The Morgan fingerprint density at radius 1 is 0.806 bits per heavy atom. The van der Waals surface area contributed by atoms with E-state index < -0.39 is 17.0 Å².